The first-order valence-electron chi connectivity index (χ1n) is 6.91. The minimum atomic E-state index is -0.0159. The Bertz CT molecular complexity index is 448. The maximum Gasteiger partial charge on any atom is 0.244 e. The highest BCUT2D eigenvalue weighted by atomic mass is 16.5. The summed E-state index contributed by atoms with van der Waals surface area (Å²) in [7, 11) is 1.63. The molecule has 1 aromatic rings. The fourth-order valence-corrected chi connectivity index (χ4v) is 2.47. The van der Waals surface area contributed by atoms with Crippen LogP contribution < -0.4 is 10.1 Å². The maximum atomic E-state index is 11.8. The van der Waals surface area contributed by atoms with Crippen LogP contribution in [0.4, 0.5) is 0 Å². The van der Waals surface area contributed by atoms with Gasteiger partial charge in [-0.05, 0) is 25.0 Å². The van der Waals surface area contributed by atoms with Gasteiger partial charge in [0.1, 0.15) is 5.75 Å². The number of hydrogen-bond donors (Lipinski definition) is 1. The molecule has 1 aliphatic rings. The SMILES string of the molecule is COc1ccccc1C=CC(=O)NC1CCCCC1. The Hall–Kier alpha value is -1.77. The van der Waals surface area contributed by atoms with Crippen molar-refractivity contribution in [1.29, 1.82) is 0 Å². The molecule has 1 fully saturated rings. The molecule has 1 saturated carbocycles. The van der Waals surface area contributed by atoms with Crippen LogP contribution in [0.25, 0.3) is 6.08 Å². The van der Waals surface area contributed by atoms with Crippen LogP contribution in [0.3, 0.4) is 0 Å². The Kier molecular flexibility index (Phi) is 5.01. The smallest absolute Gasteiger partial charge is 0.244 e. The van der Waals surface area contributed by atoms with Crippen LogP contribution in [0.2, 0.25) is 0 Å². The van der Waals surface area contributed by atoms with Gasteiger partial charge in [0.25, 0.3) is 0 Å². The average Bonchev–Trinajstić information content (AvgIpc) is 2.46. The van der Waals surface area contributed by atoms with Crippen LogP contribution in [0.5, 0.6) is 5.75 Å². The molecule has 1 amide bonds. The van der Waals surface area contributed by atoms with Crippen molar-refractivity contribution in [2.75, 3.05) is 7.11 Å². The van der Waals surface area contributed by atoms with Gasteiger partial charge in [0.2, 0.25) is 5.91 Å². The van der Waals surface area contributed by atoms with Gasteiger partial charge in [-0.1, -0.05) is 37.5 Å². The van der Waals surface area contributed by atoms with Gasteiger partial charge in [-0.2, -0.15) is 0 Å². The number of ether oxygens (including phenoxy) is 1. The molecule has 1 N–H and O–H groups in total. The zero-order valence-electron chi connectivity index (χ0n) is 11.4. The summed E-state index contributed by atoms with van der Waals surface area (Å²) in [6.45, 7) is 0. The Labute approximate surface area is 114 Å². The summed E-state index contributed by atoms with van der Waals surface area (Å²) >= 11 is 0. The number of methoxy groups -OCH3 is 1. The zero-order valence-corrected chi connectivity index (χ0v) is 11.4. The molecule has 0 spiro atoms. The van der Waals surface area contributed by atoms with Gasteiger partial charge in [0, 0.05) is 17.7 Å². The summed E-state index contributed by atoms with van der Waals surface area (Å²) in [6, 6.07) is 8.02. The number of carbonyl (C=O) groups is 1. The first-order valence-corrected chi connectivity index (χ1v) is 6.91. The first-order chi connectivity index (χ1) is 9.29. The highest BCUT2D eigenvalue weighted by Gasteiger charge is 2.14. The second-order valence-corrected chi connectivity index (χ2v) is 4.92. The summed E-state index contributed by atoms with van der Waals surface area (Å²) < 4.78 is 5.24. The summed E-state index contributed by atoms with van der Waals surface area (Å²) in [5.41, 5.74) is 0.920. The van der Waals surface area contributed by atoms with E-state index in [4.69, 9.17) is 4.74 Å². The number of amides is 1. The van der Waals surface area contributed by atoms with Crippen molar-refractivity contribution in [2.24, 2.45) is 0 Å². The number of carbonyl (C=O) groups excluding carboxylic acids is 1. The standard InChI is InChI=1S/C16H21NO2/c1-19-15-10-6-5-7-13(15)11-12-16(18)17-14-8-3-2-4-9-14/h5-7,10-12,14H,2-4,8-9H2,1H3,(H,17,18). The van der Waals surface area contributed by atoms with E-state index < -0.39 is 0 Å². The third-order valence-electron chi connectivity index (χ3n) is 3.50. The van der Waals surface area contributed by atoms with Crippen LogP contribution in [-0.2, 0) is 4.79 Å². The van der Waals surface area contributed by atoms with E-state index in [1.54, 1.807) is 19.3 Å². The van der Waals surface area contributed by atoms with Gasteiger partial charge in [0.15, 0.2) is 0 Å². The number of rotatable bonds is 4. The molecule has 0 aromatic heterocycles. The van der Waals surface area contributed by atoms with Gasteiger partial charge < -0.3 is 10.1 Å². The first kappa shape index (κ1) is 13.7. The molecule has 2 rings (SSSR count). The molecule has 0 heterocycles. The van der Waals surface area contributed by atoms with E-state index in [0.717, 1.165) is 24.2 Å². The molecule has 19 heavy (non-hydrogen) atoms. The van der Waals surface area contributed by atoms with E-state index in [1.165, 1.54) is 19.3 Å². The van der Waals surface area contributed by atoms with Crippen molar-refractivity contribution in [2.45, 2.75) is 38.1 Å². The molecule has 0 atom stereocenters. The lowest BCUT2D eigenvalue weighted by Crippen LogP contribution is -2.34. The largest absolute Gasteiger partial charge is 0.496 e. The predicted octanol–water partition coefficient (Wildman–Crippen LogP) is 3.16. The van der Waals surface area contributed by atoms with E-state index in [9.17, 15) is 4.79 Å². The predicted molar refractivity (Wildman–Crippen MR) is 77.0 cm³/mol. The highest BCUT2D eigenvalue weighted by molar-refractivity contribution is 5.92. The third-order valence-corrected chi connectivity index (χ3v) is 3.50. The van der Waals surface area contributed by atoms with Gasteiger partial charge in [-0.3, -0.25) is 4.79 Å². The molecule has 0 bridgehead atoms. The van der Waals surface area contributed by atoms with Crippen LogP contribution in [0.15, 0.2) is 30.3 Å². The molecule has 102 valence electrons. The number of hydrogen-bond acceptors (Lipinski definition) is 2. The van der Waals surface area contributed by atoms with Crippen molar-refractivity contribution >= 4 is 12.0 Å². The van der Waals surface area contributed by atoms with E-state index >= 15 is 0 Å². The number of benzene rings is 1. The lowest BCUT2D eigenvalue weighted by molar-refractivity contribution is -0.117. The molecule has 3 nitrogen and oxygen atoms in total. The van der Waals surface area contributed by atoms with Gasteiger partial charge in [-0.25, -0.2) is 0 Å². The van der Waals surface area contributed by atoms with E-state index in [0.29, 0.717) is 6.04 Å². The summed E-state index contributed by atoms with van der Waals surface area (Å²) in [6.07, 6.45) is 9.34. The van der Waals surface area contributed by atoms with Crippen molar-refractivity contribution < 1.29 is 9.53 Å². The van der Waals surface area contributed by atoms with Gasteiger partial charge >= 0.3 is 0 Å². The van der Waals surface area contributed by atoms with E-state index in [1.807, 2.05) is 24.3 Å². The van der Waals surface area contributed by atoms with Crippen molar-refractivity contribution in [3.05, 3.63) is 35.9 Å². The van der Waals surface area contributed by atoms with E-state index in [-0.39, 0.29) is 5.91 Å². The normalized spacial score (nSPS) is 16.5. The Morgan fingerprint density at radius 2 is 2.00 bits per heavy atom. The minimum absolute atomic E-state index is 0.0159. The fourth-order valence-electron chi connectivity index (χ4n) is 2.47. The average molecular weight is 259 g/mol. The fraction of sp³-hybridized carbons (Fsp3) is 0.438. The molecule has 0 saturated heterocycles. The Morgan fingerprint density at radius 3 is 2.74 bits per heavy atom. The summed E-state index contributed by atoms with van der Waals surface area (Å²) in [5, 5.41) is 3.06. The molecular weight excluding hydrogens is 238 g/mol. The molecule has 0 radical (unpaired) electrons. The van der Waals surface area contributed by atoms with Crippen LogP contribution >= 0.6 is 0 Å². The molecule has 1 aliphatic carbocycles. The second kappa shape index (κ2) is 6.98. The molecule has 0 unspecified atom stereocenters. The Morgan fingerprint density at radius 1 is 1.26 bits per heavy atom. The summed E-state index contributed by atoms with van der Waals surface area (Å²) in [5.74, 6) is 0.766. The van der Waals surface area contributed by atoms with Crippen LogP contribution in [0.1, 0.15) is 37.7 Å². The van der Waals surface area contributed by atoms with Crippen LogP contribution in [-0.4, -0.2) is 19.1 Å². The van der Waals surface area contributed by atoms with Gasteiger partial charge in [-0.15, -0.1) is 0 Å². The van der Waals surface area contributed by atoms with Crippen molar-refractivity contribution in [3.63, 3.8) is 0 Å². The molecule has 3 heteroatoms. The monoisotopic (exact) mass is 259 g/mol. The quantitative estimate of drug-likeness (QED) is 0.843. The zero-order chi connectivity index (χ0) is 13.5. The minimum Gasteiger partial charge on any atom is -0.496 e. The van der Waals surface area contributed by atoms with E-state index in [2.05, 4.69) is 5.32 Å². The number of para-hydroxylation sites is 1. The molecule has 1 aromatic carbocycles. The third kappa shape index (κ3) is 4.12. The van der Waals surface area contributed by atoms with Crippen molar-refractivity contribution in [3.8, 4) is 5.75 Å². The van der Waals surface area contributed by atoms with Gasteiger partial charge in [0.05, 0.1) is 7.11 Å². The molecule has 0 aliphatic heterocycles. The topological polar surface area (TPSA) is 38.3 Å². The van der Waals surface area contributed by atoms with Crippen molar-refractivity contribution in [1.82, 2.24) is 5.32 Å². The lowest BCUT2D eigenvalue weighted by atomic mass is 9.95. The second-order valence-electron chi connectivity index (χ2n) is 4.92. The lowest BCUT2D eigenvalue weighted by Gasteiger charge is -2.21. The highest BCUT2D eigenvalue weighted by Crippen LogP contribution is 2.19. The van der Waals surface area contributed by atoms with Crippen LogP contribution in [0, 0.1) is 0 Å². The number of nitrogens with one attached hydrogen (secondary N) is 1. The Balaban J connectivity index is 1.92. The maximum absolute atomic E-state index is 11.8. The molecular formula is C16H21NO2. The summed E-state index contributed by atoms with van der Waals surface area (Å²) in [4.78, 5) is 11.8.